The molecule has 3 aromatic rings. The number of aryl methyl sites for hydroxylation is 1. The Hall–Kier alpha value is -4.48. The Bertz CT molecular complexity index is 1450. The number of alkyl halides is 3. The van der Waals surface area contributed by atoms with Crippen LogP contribution in [0.2, 0.25) is 0 Å². The van der Waals surface area contributed by atoms with E-state index in [2.05, 4.69) is 27.2 Å². The topological polar surface area (TPSA) is 110 Å². The first-order chi connectivity index (χ1) is 17.8. The molecule has 9 nitrogen and oxygen atoms in total. The minimum atomic E-state index is -3.10. The third-order valence-corrected chi connectivity index (χ3v) is 5.61. The molecule has 1 aliphatic heterocycles. The highest BCUT2D eigenvalue weighted by molar-refractivity contribution is 6.28. The number of rotatable bonds is 8. The molecule has 4 rings (SSSR count). The smallest absolute Gasteiger partial charge is 0.270 e. The molecule has 2 heterocycles. The molecule has 0 saturated carbocycles. The molecule has 2 atom stereocenters. The molecule has 12 heteroatoms. The van der Waals surface area contributed by atoms with Crippen LogP contribution in [-0.4, -0.2) is 34.1 Å². The van der Waals surface area contributed by atoms with E-state index in [-0.39, 0.29) is 51.3 Å². The van der Waals surface area contributed by atoms with Crippen molar-refractivity contribution in [1.82, 2.24) is 10.2 Å². The molecule has 0 saturated heterocycles. The SMILES string of the molecule is C=C(C)C(F)Oc1ccc(N2N=C(C)C(C(=O)Nc3cccc(C(C)(F)F)c3)C2=O)cc1-c1nnc(C)o1. The summed E-state index contributed by atoms with van der Waals surface area (Å²) in [6, 6.07) is 9.50. The number of ether oxygens (including phenoxy) is 1. The predicted octanol–water partition coefficient (Wildman–Crippen LogP) is 5.38. The average Bonchev–Trinajstić information content (AvgIpc) is 3.41. The number of amides is 2. The monoisotopic (exact) mass is 527 g/mol. The van der Waals surface area contributed by atoms with Crippen molar-refractivity contribution < 1.29 is 31.9 Å². The molecule has 0 bridgehead atoms. The lowest BCUT2D eigenvalue weighted by molar-refractivity contribution is -0.127. The maximum Gasteiger partial charge on any atom is 0.270 e. The van der Waals surface area contributed by atoms with Gasteiger partial charge in [-0.2, -0.15) is 14.5 Å². The van der Waals surface area contributed by atoms with Crippen LogP contribution in [0.5, 0.6) is 5.75 Å². The summed E-state index contributed by atoms with van der Waals surface area (Å²) in [5.74, 6) is -5.49. The molecular formula is C26H24F3N5O4. The predicted molar refractivity (Wildman–Crippen MR) is 134 cm³/mol. The summed E-state index contributed by atoms with van der Waals surface area (Å²) in [6.45, 7) is 8.81. The molecule has 1 aliphatic rings. The normalized spacial score (nSPS) is 16.3. The van der Waals surface area contributed by atoms with Crippen molar-refractivity contribution >= 4 is 28.9 Å². The molecule has 2 amide bonds. The fourth-order valence-electron chi connectivity index (χ4n) is 3.67. The number of nitrogens with zero attached hydrogens (tertiary/aromatic N) is 4. The minimum absolute atomic E-state index is 0.0162. The number of hydrazone groups is 1. The Morgan fingerprint density at radius 2 is 1.95 bits per heavy atom. The lowest BCUT2D eigenvalue weighted by Crippen LogP contribution is -2.36. The molecule has 1 N–H and O–H groups in total. The fourth-order valence-corrected chi connectivity index (χ4v) is 3.67. The summed E-state index contributed by atoms with van der Waals surface area (Å²) in [5, 5.41) is 15.5. The van der Waals surface area contributed by atoms with Gasteiger partial charge in [0.15, 0.2) is 5.92 Å². The molecule has 1 aromatic heterocycles. The quantitative estimate of drug-likeness (QED) is 0.311. The Morgan fingerprint density at radius 1 is 1.21 bits per heavy atom. The average molecular weight is 528 g/mol. The van der Waals surface area contributed by atoms with Crippen molar-refractivity contribution in [1.29, 1.82) is 0 Å². The van der Waals surface area contributed by atoms with Gasteiger partial charge in [-0.1, -0.05) is 18.7 Å². The van der Waals surface area contributed by atoms with Crippen LogP contribution in [0, 0.1) is 12.8 Å². The van der Waals surface area contributed by atoms with Crippen LogP contribution in [0.1, 0.15) is 32.2 Å². The Morgan fingerprint density at radius 3 is 2.58 bits per heavy atom. The molecule has 0 spiro atoms. The summed E-state index contributed by atoms with van der Waals surface area (Å²) in [6.07, 6.45) is -1.81. The third kappa shape index (κ3) is 5.43. The van der Waals surface area contributed by atoms with Crippen molar-refractivity contribution in [2.24, 2.45) is 11.0 Å². The lowest BCUT2D eigenvalue weighted by atomic mass is 10.0. The van der Waals surface area contributed by atoms with E-state index in [4.69, 9.17) is 9.15 Å². The number of halogens is 3. The third-order valence-electron chi connectivity index (χ3n) is 5.61. The van der Waals surface area contributed by atoms with Crippen LogP contribution in [0.4, 0.5) is 24.5 Å². The number of carbonyl (C=O) groups excluding carboxylic acids is 2. The van der Waals surface area contributed by atoms with E-state index < -0.39 is 30.0 Å². The van der Waals surface area contributed by atoms with E-state index in [0.717, 1.165) is 18.0 Å². The van der Waals surface area contributed by atoms with Gasteiger partial charge in [-0.25, -0.2) is 8.78 Å². The van der Waals surface area contributed by atoms with Gasteiger partial charge in [0, 0.05) is 25.1 Å². The lowest BCUT2D eigenvalue weighted by Gasteiger charge is -2.18. The van der Waals surface area contributed by atoms with Gasteiger partial charge >= 0.3 is 0 Å². The number of hydrogen-bond donors (Lipinski definition) is 1. The Kier molecular flexibility index (Phi) is 7.07. The van der Waals surface area contributed by atoms with E-state index in [1.54, 1.807) is 6.92 Å². The molecule has 0 radical (unpaired) electrons. The second kappa shape index (κ2) is 10.1. The highest BCUT2D eigenvalue weighted by Crippen LogP contribution is 2.36. The molecule has 198 valence electrons. The van der Waals surface area contributed by atoms with E-state index in [1.807, 2.05) is 0 Å². The summed E-state index contributed by atoms with van der Waals surface area (Å²) in [5.41, 5.74) is 0.569. The van der Waals surface area contributed by atoms with Gasteiger partial charge < -0.3 is 14.5 Å². The molecule has 2 aromatic carbocycles. The second-order valence-electron chi connectivity index (χ2n) is 8.87. The number of carbonyl (C=O) groups is 2. The van der Waals surface area contributed by atoms with Crippen LogP contribution in [0.15, 0.2) is 64.1 Å². The Balaban J connectivity index is 1.61. The van der Waals surface area contributed by atoms with Gasteiger partial charge in [0.25, 0.3) is 24.1 Å². The van der Waals surface area contributed by atoms with Crippen molar-refractivity contribution in [3.05, 3.63) is 66.1 Å². The van der Waals surface area contributed by atoms with Gasteiger partial charge in [0.1, 0.15) is 5.75 Å². The number of benzene rings is 2. The van der Waals surface area contributed by atoms with Gasteiger partial charge in [-0.05, 0) is 49.8 Å². The minimum Gasteiger partial charge on any atom is -0.456 e. The van der Waals surface area contributed by atoms with Crippen LogP contribution in [0.25, 0.3) is 11.5 Å². The van der Waals surface area contributed by atoms with E-state index in [1.165, 1.54) is 50.2 Å². The van der Waals surface area contributed by atoms with Crippen molar-refractivity contribution in [3.63, 3.8) is 0 Å². The maximum atomic E-state index is 14.3. The Labute approximate surface area is 216 Å². The van der Waals surface area contributed by atoms with Gasteiger partial charge in [0.2, 0.25) is 11.8 Å². The summed E-state index contributed by atoms with van der Waals surface area (Å²) in [4.78, 5) is 26.2. The van der Waals surface area contributed by atoms with Crippen LogP contribution in [0.3, 0.4) is 0 Å². The number of anilines is 2. The van der Waals surface area contributed by atoms with Gasteiger partial charge in [-0.15, -0.1) is 10.2 Å². The molecule has 0 fully saturated rings. The first-order valence-electron chi connectivity index (χ1n) is 11.4. The fraction of sp³-hybridized carbons (Fsp3) is 0.269. The van der Waals surface area contributed by atoms with Crippen LogP contribution < -0.4 is 15.1 Å². The first-order valence-corrected chi connectivity index (χ1v) is 11.4. The zero-order valence-electron chi connectivity index (χ0n) is 21.0. The molecule has 38 heavy (non-hydrogen) atoms. The zero-order valence-corrected chi connectivity index (χ0v) is 21.0. The summed E-state index contributed by atoms with van der Waals surface area (Å²) in [7, 11) is 0. The highest BCUT2D eigenvalue weighted by Gasteiger charge is 2.40. The maximum absolute atomic E-state index is 14.3. The summed E-state index contributed by atoms with van der Waals surface area (Å²) >= 11 is 0. The standard InChI is InChI=1S/C26H24F3N5O4/c1-13(2)22(27)38-20-10-9-18(12-19(20)24-32-31-15(4)37-24)34-25(36)21(14(3)33-34)23(35)30-17-8-6-7-16(11-17)26(5,28)29/h6-12,21-22H,1H2,2-5H3,(H,30,35). The highest BCUT2D eigenvalue weighted by atomic mass is 19.3. The largest absolute Gasteiger partial charge is 0.456 e. The molecule has 2 unspecified atom stereocenters. The molecule has 0 aliphatic carbocycles. The van der Waals surface area contributed by atoms with Crippen LogP contribution >= 0.6 is 0 Å². The van der Waals surface area contributed by atoms with E-state index in [0.29, 0.717) is 0 Å². The van der Waals surface area contributed by atoms with Crippen molar-refractivity contribution in [2.45, 2.75) is 40.0 Å². The van der Waals surface area contributed by atoms with E-state index in [9.17, 15) is 22.8 Å². The number of nitrogens with one attached hydrogen (secondary N) is 1. The summed E-state index contributed by atoms with van der Waals surface area (Å²) < 4.78 is 52.5. The number of aromatic nitrogens is 2. The number of hydrogen-bond acceptors (Lipinski definition) is 7. The van der Waals surface area contributed by atoms with Crippen molar-refractivity contribution in [3.8, 4) is 17.2 Å². The van der Waals surface area contributed by atoms with Gasteiger partial charge in [0.05, 0.1) is 17.0 Å². The van der Waals surface area contributed by atoms with E-state index >= 15 is 0 Å². The molecular weight excluding hydrogens is 503 g/mol. The second-order valence-corrected chi connectivity index (χ2v) is 8.87. The van der Waals surface area contributed by atoms with Crippen LogP contribution in [-0.2, 0) is 15.5 Å². The zero-order chi connectivity index (χ0) is 27.8. The van der Waals surface area contributed by atoms with Gasteiger partial charge in [-0.3, -0.25) is 9.59 Å². The van der Waals surface area contributed by atoms with Crippen molar-refractivity contribution in [2.75, 3.05) is 10.3 Å². The first kappa shape index (κ1) is 26.6.